The monoisotopic (exact) mass is 263 g/mol. The van der Waals surface area contributed by atoms with E-state index in [9.17, 15) is 4.79 Å². The second kappa shape index (κ2) is 7.14. The summed E-state index contributed by atoms with van der Waals surface area (Å²) in [6, 6.07) is 7.69. The predicted octanol–water partition coefficient (Wildman–Crippen LogP) is 1.74. The van der Waals surface area contributed by atoms with Crippen molar-refractivity contribution in [1.82, 2.24) is 5.32 Å². The Kier molecular flexibility index (Phi) is 5.83. The van der Waals surface area contributed by atoms with Gasteiger partial charge in [-0.1, -0.05) is 26.0 Å². The van der Waals surface area contributed by atoms with E-state index in [2.05, 4.69) is 19.2 Å². The van der Waals surface area contributed by atoms with Gasteiger partial charge >= 0.3 is 0 Å². The minimum atomic E-state index is -0.416. The molecule has 1 aromatic rings. The van der Waals surface area contributed by atoms with Gasteiger partial charge in [0.05, 0.1) is 6.04 Å². The first-order chi connectivity index (χ1) is 8.90. The highest BCUT2D eigenvalue weighted by molar-refractivity contribution is 5.81. The van der Waals surface area contributed by atoms with Gasteiger partial charge in [-0.3, -0.25) is 4.79 Å². The molecule has 1 atom stereocenters. The third-order valence-electron chi connectivity index (χ3n) is 2.98. The van der Waals surface area contributed by atoms with Crippen molar-refractivity contribution in [3.8, 4) is 0 Å². The molecule has 0 saturated heterocycles. The number of benzene rings is 1. The highest BCUT2D eigenvalue weighted by Crippen LogP contribution is 2.12. The SMILES string of the molecule is CC(C)C[C@H](N)C(=O)NCc1ccc(N(C)C)cc1. The molecule has 0 fully saturated rings. The van der Waals surface area contributed by atoms with Crippen LogP contribution in [0.5, 0.6) is 0 Å². The molecule has 0 aliphatic carbocycles. The van der Waals surface area contributed by atoms with Crippen LogP contribution in [0.15, 0.2) is 24.3 Å². The Morgan fingerprint density at radius 2 is 1.84 bits per heavy atom. The fourth-order valence-corrected chi connectivity index (χ4v) is 1.85. The number of amides is 1. The summed E-state index contributed by atoms with van der Waals surface area (Å²) in [6.45, 7) is 4.65. The molecule has 0 aromatic heterocycles. The predicted molar refractivity (Wildman–Crippen MR) is 80.0 cm³/mol. The third-order valence-corrected chi connectivity index (χ3v) is 2.98. The van der Waals surface area contributed by atoms with Crippen molar-refractivity contribution in [2.75, 3.05) is 19.0 Å². The smallest absolute Gasteiger partial charge is 0.237 e. The van der Waals surface area contributed by atoms with E-state index in [4.69, 9.17) is 5.73 Å². The van der Waals surface area contributed by atoms with Gasteiger partial charge in [0.15, 0.2) is 0 Å². The van der Waals surface area contributed by atoms with Gasteiger partial charge in [0, 0.05) is 26.3 Å². The number of carbonyl (C=O) groups excluding carboxylic acids is 1. The summed E-state index contributed by atoms with van der Waals surface area (Å²) in [5, 5.41) is 2.88. The standard InChI is InChI=1S/C15H25N3O/c1-11(2)9-14(16)15(19)17-10-12-5-7-13(8-6-12)18(3)4/h5-8,11,14H,9-10,16H2,1-4H3,(H,17,19)/t14-/m0/s1. The fraction of sp³-hybridized carbons (Fsp3) is 0.533. The molecule has 1 aromatic carbocycles. The van der Waals surface area contributed by atoms with Crippen molar-refractivity contribution in [3.63, 3.8) is 0 Å². The van der Waals surface area contributed by atoms with Gasteiger partial charge in [0.2, 0.25) is 5.91 Å². The van der Waals surface area contributed by atoms with Crippen LogP contribution < -0.4 is 16.0 Å². The second-order valence-corrected chi connectivity index (χ2v) is 5.51. The van der Waals surface area contributed by atoms with Gasteiger partial charge in [0.25, 0.3) is 0 Å². The first kappa shape index (κ1) is 15.5. The highest BCUT2D eigenvalue weighted by Gasteiger charge is 2.14. The van der Waals surface area contributed by atoms with Gasteiger partial charge in [0.1, 0.15) is 0 Å². The molecular formula is C15H25N3O. The number of hydrogen-bond donors (Lipinski definition) is 2. The third kappa shape index (κ3) is 5.30. The summed E-state index contributed by atoms with van der Waals surface area (Å²) < 4.78 is 0. The quantitative estimate of drug-likeness (QED) is 0.822. The molecule has 0 spiro atoms. The lowest BCUT2D eigenvalue weighted by molar-refractivity contribution is -0.122. The second-order valence-electron chi connectivity index (χ2n) is 5.51. The van der Waals surface area contributed by atoms with E-state index >= 15 is 0 Å². The van der Waals surface area contributed by atoms with E-state index in [1.54, 1.807) is 0 Å². The maximum atomic E-state index is 11.8. The topological polar surface area (TPSA) is 58.4 Å². The van der Waals surface area contributed by atoms with Crippen LogP contribution in [-0.4, -0.2) is 26.0 Å². The van der Waals surface area contributed by atoms with Crippen LogP contribution >= 0.6 is 0 Å². The first-order valence-corrected chi connectivity index (χ1v) is 6.69. The minimum Gasteiger partial charge on any atom is -0.378 e. The van der Waals surface area contributed by atoms with E-state index < -0.39 is 6.04 Å². The molecule has 3 N–H and O–H groups in total. The van der Waals surface area contributed by atoms with Crippen LogP contribution in [0.2, 0.25) is 0 Å². The van der Waals surface area contributed by atoms with Gasteiger partial charge in [-0.15, -0.1) is 0 Å². The lowest BCUT2D eigenvalue weighted by Gasteiger charge is -2.15. The largest absolute Gasteiger partial charge is 0.378 e. The number of anilines is 1. The van der Waals surface area contributed by atoms with Crippen LogP contribution in [0.3, 0.4) is 0 Å². The molecule has 0 aliphatic heterocycles. The Morgan fingerprint density at radius 3 is 2.32 bits per heavy atom. The van der Waals surface area contributed by atoms with Crippen LogP contribution in [0.4, 0.5) is 5.69 Å². The molecule has 0 radical (unpaired) electrons. The van der Waals surface area contributed by atoms with Crippen LogP contribution in [0, 0.1) is 5.92 Å². The van der Waals surface area contributed by atoms with Crippen LogP contribution in [-0.2, 0) is 11.3 Å². The summed E-state index contributed by atoms with van der Waals surface area (Å²) in [5.41, 5.74) is 8.05. The van der Waals surface area contributed by atoms with Crippen molar-refractivity contribution >= 4 is 11.6 Å². The lowest BCUT2D eigenvalue weighted by Crippen LogP contribution is -2.41. The summed E-state index contributed by atoms with van der Waals surface area (Å²) >= 11 is 0. The summed E-state index contributed by atoms with van der Waals surface area (Å²) in [7, 11) is 4.00. The number of nitrogens with one attached hydrogen (secondary N) is 1. The molecule has 0 aliphatic rings. The molecule has 0 heterocycles. The molecule has 1 amide bonds. The summed E-state index contributed by atoms with van der Waals surface area (Å²) in [4.78, 5) is 13.8. The summed E-state index contributed by atoms with van der Waals surface area (Å²) in [6.07, 6.45) is 0.714. The number of carbonyl (C=O) groups is 1. The maximum absolute atomic E-state index is 11.8. The summed E-state index contributed by atoms with van der Waals surface area (Å²) in [5.74, 6) is 0.352. The van der Waals surface area contributed by atoms with E-state index in [0.29, 0.717) is 18.9 Å². The molecule has 0 unspecified atom stereocenters. The Balaban J connectivity index is 2.46. The average molecular weight is 263 g/mol. The minimum absolute atomic E-state index is 0.0783. The fourth-order valence-electron chi connectivity index (χ4n) is 1.85. The van der Waals surface area contributed by atoms with Crippen molar-refractivity contribution < 1.29 is 4.79 Å². The zero-order valence-corrected chi connectivity index (χ0v) is 12.3. The van der Waals surface area contributed by atoms with Gasteiger partial charge in [-0.2, -0.15) is 0 Å². The zero-order chi connectivity index (χ0) is 14.4. The van der Waals surface area contributed by atoms with Crippen molar-refractivity contribution in [2.24, 2.45) is 11.7 Å². The van der Waals surface area contributed by atoms with Crippen LogP contribution in [0.25, 0.3) is 0 Å². The Hall–Kier alpha value is -1.55. The van der Waals surface area contributed by atoms with E-state index in [1.165, 1.54) is 0 Å². The molecule has 106 valence electrons. The van der Waals surface area contributed by atoms with Gasteiger partial charge < -0.3 is 16.0 Å². The molecule has 19 heavy (non-hydrogen) atoms. The highest BCUT2D eigenvalue weighted by atomic mass is 16.2. The van der Waals surface area contributed by atoms with Gasteiger partial charge in [-0.25, -0.2) is 0 Å². The van der Waals surface area contributed by atoms with Crippen molar-refractivity contribution in [2.45, 2.75) is 32.9 Å². The number of hydrogen-bond acceptors (Lipinski definition) is 3. The number of nitrogens with zero attached hydrogens (tertiary/aromatic N) is 1. The van der Waals surface area contributed by atoms with Gasteiger partial charge in [-0.05, 0) is 30.0 Å². The normalized spacial score (nSPS) is 12.3. The lowest BCUT2D eigenvalue weighted by atomic mass is 10.0. The number of rotatable bonds is 6. The van der Waals surface area contributed by atoms with E-state index in [-0.39, 0.29) is 5.91 Å². The Labute approximate surface area is 116 Å². The molecule has 1 rings (SSSR count). The first-order valence-electron chi connectivity index (χ1n) is 6.69. The molecule has 0 saturated carbocycles. The molecule has 4 heteroatoms. The van der Waals surface area contributed by atoms with E-state index in [0.717, 1.165) is 11.3 Å². The molecule has 0 bridgehead atoms. The van der Waals surface area contributed by atoms with Crippen molar-refractivity contribution in [3.05, 3.63) is 29.8 Å². The van der Waals surface area contributed by atoms with Crippen LogP contribution in [0.1, 0.15) is 25.8 Å². The van der Waals surface area contributed by atoms with E-state index in [1.807, 2.05) is 43.3 Å². The number of nitrogens with two attached hydrogens (primary N) is 1. The zero-order valence-electron chi connectivity index (χ0n) is 12.3. The van der Waals surface area contributed by atoms with Crippen molar-refractivity contribution in [1.29, 1.82) is 0 Å². The maximum Gasteiger partial charge on any atom is 0.237 e. The molecule has 4 nitrogen and oxygen atoms in total. The Morgan fingerprint density at radius 1 is 1.26 bits per heavy atom. The molecular weight excluding hydrogens is 238 g/mol. The Bertz CT molecular complexity index is 398. The average Bonchev–Trinajstić information content (AvgIpc) is 2.35.